The first kappa shape index (κ1) is 92.2. The van der Waals surface area contributed by atoms with E-state index < -0.39 is 27.0 Å². The summed E-state index contributed by atoms with van der Waals surface area (Å²) in [5.41, 5.74) is 22.5. The van der Waals surface area contributed by atoms with E-state index in [0.29, 0.717) is 5.56 Å². The molecule has 9 aliphatic rings. The molecule has 9 saturated carbocycles. The number of nitrogens with zero attached hydrogens (tertiary/aromatic N) is 2. The largest absolute Gasteiger partial charge is 0.507 e. The summed E-state index contributed by atoms with van der Waals surface area (Å²) >= 11 is -3.42. The average molecular weight is 1930 g/mol. The summed E-state index contributed by atoms with van der Waals surface area (Å²) in [5.74, 6) is 1.21. The molecule has 0 atom stereocenters. The minimum Gasteiger partial charge on any atom is -0.507 e. The van der Waals surface area contributed by atoms with Crippen molar-refractivity contribution in [3.05, 3.63) is 137 Å². The van der Waals surface area contributed by atoms with Gasteiger partial charge >= 0.3 is 152 Å². The van der Waals surface area contributed by atoms with Crippen LogP contribution in [0.15, 0.2) is 110 Å². The molecule has 556 valence electrons. The number of rotatable bonds is 14. The molecular formula is C84H130Cl4N2O3P3Pr2Ru2+3. The number of methoxy groups -OCH3 is 1. The Kier molecular flexibility index (Phi) is 52.3. The Bertz CT molecular complexity index is 2610. The van der Waals surface area contributed by atoms with Crippen LogP contribution in [0.25, 0.3) is 11.6 Å². The van der Waals surface area contributed by atoms with Gasteiger partial charge in [-0.3, -0.25) is 0 Å². The Morgan fingerprint density at radius 1 is 0.360 bits per heavy atom. The molecule has 0 bridgehead atoms. The molecule has 2 N–H and O–H groups in total. The number of hydrogen-bond donors (Lipinski definition) is 2. The van der Waals surface area contributed by atoms with Crippen molar-refractivity contribution in [3.8, 4) is 17.2 Å². The molecule has 2 radical (unpaired) electrons. The van der Waals surface area contributed by atoms with Gasteiger partial charge in [0.25, 0.3) is 6.21 Å². The van der Waals surface area contributed by atoms with Crippen molar-refractivity contribution in [2.75, 3.05) is 7.11 Å². The first-order valence-electron chi connectivity index (χ1n) is 39.4. The number of hydrogen-bond acceptors (Lipinski definition) is 3. The molecule has 0 aliphatic heterocycles. The van der Waals surface area contributed by atoms with Crippen LogP contribution in [-0.2, 0) is 27.0 Å². The Balaban J connectivity index is 0.000000214. The number of benzene rings is 4. The van der Waals surface area contributed by atoms with E-state index in [2.05, 4.69) is 11.4 Å². The van der Waals surface area contributed by atoms with Gasteiger partial charge in [-0.1, -0.05) is 101 Å². The van der Waals surface area contributed by atoms with Gasteiger partial charge in [-0.25, -0.2) is 0 Å². The maximum atomic E-state index is 9.23. The van der Waals surface area contributed by atoms with Crippen LogP contribution in [0.1, 0.15) is 311 Å². The summed E-state index contributed by atoms with van der Waals surface area (Å²) in [6.07, 6.45) is 74.3. The molecule has 0 heterocycles. The van der Waals surface area contributed by atoms with E-state index in [9.17, 15) is 5.11 Å². The van der Waals surface area contributed by atoms with Crippen molar-refractivity contribution in [1.29, 1.82) is 0 Å². The van der Waals surface area contributed by atoms with Crippen LogP contribution in [0.4, 0.5) is 0 Å². The van der Waals surface area contributed by atoms with E-state index in [0.717, 1.165) is 22.4 Å². The summed E-state index contributed by atoms with van der Waals surface area (Å²) in [6.45, 7) is 3.66. The van der Waals surface area contributed by atoms with Gasteiger partial charge in [0.05, 0.1) is 63.6 Å². The summed E-state index contributed by atoms with van der Waals surface area (Å²) in [7, 11) is 24.1. The topological polar surface area (TPSA) is 86.1 Å². The van der Waals surface area contributed by atoms with Crippen LogP contribution >= 0.6 is 62.5 Å². The van der Waals surface area contributed by atoms with Crippen molar-refractivity contribution in [2.24, 2.45) is 0 Å². The molecule has 0 saturated heterocycles. The number of phenolic OH excluding ortho intramolecular Hbond substituents is 2. The number of phenols is 2. The van der Waals surface area contributed by atoms with Gasteiger partial charge in [0.15, 0.2) is 0 Å². The monoisotopic (exact) mass is 1930 g/mol. The number of para-hydroxylation sites is 3. The Morgan fingerprint density at radius 2 is 0.600 bits per heavy atom. The number of ether oxygens (including phenoxy) is 1. The Hall–Kier alpha value is 1.56. The fraction of sp³-hybridized carbons (Fsp3) is 0.655. The molecular weight excluding hydrogens is 1800 g/mol. The first-order valence-corrected chi connectivity index (χ1v) is 55.5. The zero-order valence-electron chi connectivity index (χ0n) is 61.4. The smallest absolute Gasteiger partial charge is 0.291 e. The molecule has 13 rings (SSSR count). The van der Waals surface area contributed by atoms with E-state index in [1.165, 1.54) is 63.2 Å². The molecule has 4 aromatic carbocycles. The second-order valence-corrected chi connectivity index (χ2v) is 51.6. The van der Waals surface area contributed by atoms with Crippen LogP contribution in [-0.4, -0.2) is 88.5 Å². The van der Waals surface area contributed by atoms with Crippen molar-refractivity contribution < 1.29 is 129 Å². The van der Waals surface area contributed by atoms with Gasteiger partial charge in [-0.15, -0.1) is 0 Å². The molecule has 0 amide bonds. The molecule has 16 heteroatoms. The zero-order valence-corrected chi connectivity index (χ0v) is 78.3. The third-order valence-electron chi connectivity index (χ3n) is 23.3. The summed E-state index contributed by atoms with van der Waals surface area (Å²) in [4.78, 5) is 2.78. The van der Waals surface area contributed by atoms with Crippen molar-refractivity contribution in [2.45, 2.75) is 340 Å². The predicted molar refractivity (Wildman–Crippen MR) is 435 cm³/mol. The molecule has 0 aromatic heterocycles. The molecule has 100 heavy (non-hydrogen) atoms. The third kappa shape index (κ3) is 35.3. The fourth-order valence-corrected chi connectivity index (χ4v) is 38.0. The predicted octanol–water partition coefficient (Wildman–Crippen LogP) is 27.2. The van der Waals surface area contributed by atoms with Crippen LogP contribution in [0.2, 0.25) is 0 Å². The average Bonchev–Trinajstić information content (AvgIpc) is 0.838. The molecule has 9 aliphatic carbocycles. The van der Waals surface area contributed by atoms with Crippen LogP contribution in [0.5, 0.6) is 17.2 Å². The van der Waals surface area contributed by atoms with E-state index >= 15 is 0 Å². The van der Waals surface area contributed by atoms with Crippen LogP contribution in [0.3, 0.4) is 0 Å². The van der Waals surface area contributed by atoms with Gasteiger partial charge in [0.2, 0.25) is 0 Å². The van der Waals surface area contributed by atoms with E-state index in [4.69, 9.17) is 54.1 Å². The quantitative estimate of drug-likeness (QED) is 0.0434. The van der Waals surface area contributed by atoms with Gasteiger partial charge < -0.3 is 15.4 Å². The van der Waals surface area contributed by atoms with Gasteiger partial charge in [-0.05, 0) is 249 Å². The molecule has 9 fully saturated rings. The Morgan fingerprint density at radius 3 is 0.830 bits per heavy atom. The summed E-state index contributed by atoms with van der Waals surface area (Å²) < 4.78 is 8.70. The zero-order chi connectivity index (χ0) is 69.2. The van der Waals surface area contributed by atoms with Crippen molar-refractivity contribution >= 4 is 84.0 Å². The second kappa shape index (κ2) is 56.7. The minimum atomic E-state index is -1.80. The summed E-state index contributed by atoms with van der Waals surface area (Å²) in [6, 6.07) is 31.3. The molecule has 0 unspecified atom stereocenters. The second-order valence-electron chi connectivity index (χ2n) is 29.8. The number of halogens is 4. The summed E-state index contributed by atoms with van der Waals surface area (Å²) in [5, 5.41) is 18.3. The standard InChI is InChI=1S/3C18H33P.C9H10O.C7H6N2O.C7H6O.C7H6.4ClH.2Pr.2Ru/c3*1-4-10-16(11-5-1)19(17-12-6-2-7-13-17)18-14-8-3-9-15-18;1-3-8-6-4-5-7-9(8)10-2;8-9-5-6-3-1-2-4-7(6)10;1-6-4-2-3-5-7(6)8;1-7-5-3-2-4-6-7;;;;;;;;/h3*16-18H,1-15H2;3-7H,1H2,2H3;1-5,10H;1-5,8H;1-6H;4*1H;;;;/q;;;;;;;;;;;;;2*+2/p-1. The minimum absolute atomic E-state index is 0. The van der Waals surface area contributed by atoms with Crippen molar-refractivity contribution in [3.63, 3.8) is 0 Å². The third-order valence-corrected chi connectivity index (χ3v) is 40.7. The van der Waals surface area contributed by atoms with E-state index in [-0.39, 0.29) is 118 Å². The molecule has 5 nitrogen and oxygen atoms in total. The normalized spacial score (nSPS) is 20.5. The van der Waals surface area contributed by atoms with E-state index in [1.807, 2.05) is 65.3 Å². The van der Waals surface area contributed by atoms with Gasteiger partial charge in [-0.2, -0.15) is 4.79 Å². The van der Waals surface area contributed by atoms with E-state index in [1.54, 1.807) is 343 Å². The van der Waals surface area contributed by atoms with Crippen LogP contribution in [0, 0.1) is 82.6 Å². The SMILES string of the molecule is C1CCC([PH+](C2CCCCC2)C2CCCCC2)CC1.C1CCC([PH+](C2CCCCC2)C2CCCCC2)CC1.C1CCC([PH+](C2CCCCC2)C2CCCCC2)CC1.C=Cc1ccccc1OC.Oc1ccccc1[CH]=[Ru]([Cl])[Cl].[Cl][Ru]([Cl])=[CH]c1ccccc1.[N-]=[N+]=Cc1ccccc1O.[Pr].[Pr]. The maximum Gasteiger partial charge on any atom is 0.291 e. The van der Waals surface area contributed by atoms with Crippen LogP contribution < -0.4 is 4.74 Å². The van der Waals surface area contributed by atoms with Crippen molar-refractivity contribution in [1.82, 2.24) is 0 Å². The van der Waals surface area contributed by atoms with Gasteiger partial charge in [0, 0.05) is 112 Å². The number of aromatic hydroxyl groups is 2. The molecule has 4 aromatic rings. The fourth-order valence-electron chi connectivity index (χ4n) is 18.7. The molecule has 0 spiro atoms. The Labute approximate surface area is 705 Å². The first-order chi connectivity index (χ1) is 48.1. The van der Waals surface area contributed by atoms with Gasteiger partial charge in [0.1, 0.15) is 11.5 Å². The maximum absolute atomic E-state index is 9.23.